The zero-order chi connectivity index (χ0) is 13.4. The second-order valence-electron chi connectivity index (χ2n) is 4.71. The molecule has 1 aliphatic carbocycles. The van der Waals surface area contributed by atoms with Crippen molar-refractivity contribution in [2.75, 3.05) is 0 Å². The fourth-order valence-electron chi connectivity index (χ4n) is 1.99. The van der Waals surface area contributed by atoms with Crippen molar-refractivity contribution in [1.29, 1.82) is 0 Å². The Morgan fingerprint density at radius 2 is 2.16 bits per heavy atom. The molecular formula is C13H13N3O2S. The van der Waals surface area contributed by atoms with E-state index in [2.05, 4.69) is 10.3 Å². The van der Waals surface area contributed by atoms with E-state index in [1.807, 2.05) is 6.07 Å². The van der Waals surface area contributed by atoms with E-state index in [1.165, 1.54) is 4.57 Å². The lowest BCUT2D eigenvalue weighted by molar-refractivity contribution is -0.121. The number of carbonyl (C=O) groups is 1. The van der Waals surface area contributed by atoms with Gasteiger partial charge in [0.2, 0.25) is 5.91 Å². The topological polar surface area (TPSA) is 66.9 Å². The van der Waals surface area contributed by atoms with Gasteiger partial charge in [-0.15, -0.1) is 0 Å². The molecule has 0 spiro atoms. The van der Waals surface area contributed by atoms with Gasteiger partial charge >= 0.3 is 0 Å². The molecule has 0 radical (unpaired) electrons. The van der Waals surface area contributed by atoms with E-state index in [-0.39, 0.29) is 28.8 Å². The summed E-state index contributed by atoms with van der Waals surface area (Å²) in [5, 5.41) is 3.38. The molecule has 1 heterocycles. The lowest BCUT2D eigenvalue weighted by Gasteiger charge is -2.08. The number of hydrogen-bond donors (Lipinski definition) is 2. The minimum absolute atomic E-state index is 0.0322. The highest BCUT2D eigenvalue weighted by Crippen LogP contribution is 2.18. The Morgan fingerprint density at radius 3 is 2.89 bits per heavy atom. The summed E-state index contributed by atoms with van der Waals surface area (Å²) in [6.45, 7) is -0.0322. The smallest absolute Gasteiger partial charge is 0.262 e. The van der Waals surface area contributed by atoms with Crippen LogP contribution in [0, 0.1) is 4.77 Å². The Labute approximate surface area is 114 Å². The maximum atomic E-state index is 12.3. The number of nitrogens with zero attached hydrogens (tertiary/aromatic N) is 1. The number of amides is 1. The van der Waals surface area contributed by atoms with Gasteiger partial charge in [0.1, 0.15) is 6.54 Å². The molecule has 6 heteroatoms. The Balaban J connectivity index is 2.00. The van der Waals surface area contributed by atoms with Crippen molar-refractivity contribution in [3.05, 3.63) is 39.4 Å². The van der Waals surface area contributed by atoms with Crippen molar-refractivity contribution in [2.24, 2.45) is 0 Å². The fourth-order valence-corrected chi connectivity index (χ4v) is 2.24. The molecule has 1 fully saturated rings. The van der Waals surface area contributed by atoms with Crippen molar-refractivity contribution in [3.8, 4) is 0 Å². The van der Waals surface area contributed by atoms with Crippen LogP contribution >= 0.6 is 12.2 Å². The molecule has 1 amide bonds. The maximum Gasteiger partial charge on any atom is 0.262 e. The number of aromatic amines is 1. The third-order valence-corrected chi connectivity index (χ3v) is 3.46. The summed E-state index contributed by atoms with van der Waals surface area (Å²) in [5.41, 5.74) is 0.460. The third kappa shape index (κ3) is 2.44. The van der Waals surface area contributed by atoms with Crippen molar-refractivity contribution < 1.29 is 4.79 Å². The molecule has 1 aromatic carbocycles. The molecule has 2 aromatic rings. The quantitative estimate of drug-likeness (QED) is 0.831. The number of carbonyl (C=O) groups excluding carboxylic acids is 1. The molecule has 1 aliphatic rings. The van der Waals surface area contributed by atoms with Gasteiger partial charge in [0.05, 0.1) is 10.9 Å². The van der Waals surface area contributed by atoms with Gasteiger partial charge in [0.15, 0.2) is 4.77 Å². The average Bonchev–Trinajstić information content (AvgIpc) is 3.18. The van der Waals surface area contributed by atoms with E-state index in [9.17, 15) is 9.59 Å². The first-order valence-electron chi connectivity index (χ1n) is 6.16. The molecular weight excluding hydrogens is 262 g/mol. The summed E-state index contributed by atoms with van der Waals surface area (Å²) < 4.78 is 1.57. The maximum absolute atomic E-state index is 12.3. The number of rotatable bonds is 3. The molecule has 2 N–H and O–H groups in total. The van der Waals surface area contributed by atoms with Gasteiger partial charge in [0, 0.05) is 6.04 Å². The van der Waals surface area contributed by atoms with E-state index in [0.29, 0.717) is 10.9 Å². The molecule has 0 saturated heterocycles. The molecule has 98 valence electrons. The van der Waals surface area contributed by atoms with Crippen LogP contribution in [0.2, 0.25) is 0 Å². The van der Waals surface area contributed by atoms with Gasteiger partial charge in [0.25, 0.3) is 5.56 Å². The standard InChI is InChI=1S/C13H13N3O2S/c17-11(14-8-5-6-8)7-16-12(18)9-3-1-2-4-10(9)15-13(16)19/h1-4,8H,5-7H2,(H,14,17)(H,15,19). The van der Waals surface area contributed by atoms with Crippen molar-refractivity contribution >= 4 is 29.0 Å². The van der Waals surface area contributed by atoms with Gasteiger partial charge in [-0.25, -0.2) is 0 Å². The van der Waals surface area contributed by atoms with Crippen LogP contribution in [-0.2, 0) is 11.3 Å². The molecule has 0 bridgehead atoms. The summed E-state index contributed by atoms with van der Waals surface area (Å²) in [6.07, 6.45) is 2.04. The Kier molecular flexibility index (Phi) is 2.94. The summed E-state index contributed by atoms with van der Waals surface area (Å²) in [6, 6.07) is 7.41. The van der Waals surface area contributed by atoms with Crippen molar-refractivity contribution in [3.63, 3.8) is 0 Å². The van der Waals surface area contributed by atoms with Crippen LogP contribution in [0.25, 0.3) is 10.9 Å². The lowest BCUT2D eigenvalue weighted by atomic mass is 10.2. The van der Waals surface area contributed by atoms with Crippen LogP contribution in [0.15, 0.2) is 29.1 Å². The number of hydrogen-bond acceptors (Lipinski definition) is 3. The van der Waals surface area contributed by atoms with Crippen molar-refractivity contribution in [1.82, 2.24) is 14.9 Å². The third-order valence-electron chi connectivity index (χ3n) is 3.13. The predicted molar refractivity (Wildman–Crippen MR) is 74.6 cm³/mol. The number of fused-ring (bicyclic) bond motifs is 1. The van der Waals surface area contributed by atoms with Crippen molar-refractivity contribution in [2.45, 2.75) is 25.4 Å². The minimum atomic E-state index is -0.231. The van der Waals surface area contributed by atoms with Crippen LogP contribution in [0.3, 0.4) is 0 Å². The molecule has 3 rings (SSSR count). The van der Waals surface area contributed by atoms with Gasteiger partial charge in [-0.2, -0.15) is 0 Å². The second-order valence-corrected chi connectivity index (χ2v) is 5.10. The van der Waals surface area contributed by atoms with Gasteiger partial charge in [-0.05, 0) is 37.2 Å². The Morgan fingerprint density at radius 1 is 1.42 bits per heavy atom. The lowest BCUT2D eigenvalue weighted by Crippen LogP contribution is -2.34. The molecule has 19 heavy (non-hydrogen) atoms. The number of para-hydroxylation sites is 1. The Bertz CT molecular complexity index is 758. The molecule has 0 aliphatic heterocycles. The summed E-state index contributed by atoms with van der Waals surface area (Å²) in [5.74, 6) is -0.167. The van der Waals surface area contributed by atoms with Crippen LogP contribution in [0.5, 0.6) is 0 Å². The first-order chi connectivity index (χ1) is 9.15. The summed E-state index contributed by atoms with van der Waals surface area (Å²) >= 11 is 5.14. The van der Waals surface area contributed by atoms with Crippen LogP contribution in [-0.4, -0.2) is 21.5 Å². The monoisotopic (exact) mass is 275 g/mol. The van der Waals surface area contributed by atoms with Gasteiger partial charge < -0.3 is 10.3 Å². The molecule has 1 saturated carbocycles. The average molecular weight is 275 g/mol. The van der Waals surface area contributed by atoms with Crippen LogP contribution in [0.1, 0.15) is 12.8 Å². The van der Waals surface area contributed by atoms with Gasteiger partial charge in [-0.3, -0.25) is 14.2 Å². The summed E-state index contributed by atoms with van der Waals surface area (Å²) in [4.78, 5) is 27.0. The van der Waals surface area contributed by atoms with Gasteiger partial charge in [-0.1, -0.05) is 12.1 Å². The SMILES string of the molecule is O=C(Cn1c(=S)[nH]c2ccccc2c1=O)NC1CC1. The van der Waals surface area contributed by atoms with Crippen LogP contribution < -0.4 is 10.9 Å². The molecule has 0 atom stereocenters. The van der Waals surface area contributed by atoms with E-state index < -0.39 is 0 Å². The second kappa shape index (κ2) is 4.62. The first-order valence-corrected chi connectivity index (χ1v) is 6.57. The number of benzene rings is 1. The Hall–Kier alpha value is -1.95. The number of nitrogens with one attached hydrogen (secondary N) is 2. The molecule has 1 aromatic heterocycles. The zero-order valence-corrected chi connectivity index (χ0v) is 11.0. The zero-order valence-electron chi connectivity index (χ0n) is 10.2. The largest absolute Gasteiger partial charge is 0.352 e. The molecule has 0 unspecified atom stereocenters. The van der Waals surface area contributed by atoms with Crippen LogP contribution in [0.4, 0.5) is 0 Å². The predicted octanol–water partition coefficient (Wildman–Crippen LogP) is 1.34. The van der Waals surface area contributed by atoms with E-state index in [0.717, 1.165) is 12.8 Å². The minimum Gasteiger partial charge on any atom is -0.352 e. The van der Waals surface area contributed by atoms with E-state index in [1.54, 1.807) is 18.2 Å². The molecule has 5 nitrogen and oxygen atoms in total. The highest BCUT2D eigenvalue weighted by molar-refractivity contribution is 7.71. The highest BCUT2D eigenvalue weighted by Gasteiger charge is 2.23. The number of aromatic nitrogens is 2. The number of H-pyrrole nitrogens is 1. The highest BCUT2D eigenvalue weighted by atomic mass is 32.1. The first kappa shape index (κ1) is 12.1. The fraction of sp³-hybridized carbons (Fsp3) is 0.308. The van der Waals surface area contributed by atoms with E-state index in [4.69, 9.17) is 12.2 Å². The normalized spacial score (nSPS) is 14.5. The summed E-state index contributed by atoms with van der Waals surface area (Å²) in [7, 11) is 0. The van der Waals surface area contributed by atoms with E-state index >= 15 is 0 Å².